The van der Waals surface area contributed by atoms with E-state index in [0.717, 1.165) is 13.3 Å². The van der Waals surface area contributed by atoms with Crippen LogP contribution in [-0.2, 0) is 6.42 Å². The molecule has 0 unspecified atom stereocenters. The molecule has 0 fully saturated rings. The van der Waals surface area contributed by atoms with Gasteiger partial charge in [0.1, 0.15) is 0 Å². The van der Waals surface area contributed by atoms with Gasteiger partial charge in [0, 0.05) is 25.4 Å². The first-order valence-electron chi connectivity index (χ1n) is 8.31. The van der Waals surface area contributed by atoms with E-state index in [9.17, 15) is 13.6 Å². The number of aliphatic imine (C=N–C) groups is 1. The molecule has 1 amide bonds. The molecule has 2 rings (SSSR count). The highest BCUT2D eigenvalue weighted by Gasteiger charge is 2.26. The largest absolute Gasteiger partial charge is 0.351 e. The number of nitrogens with one attached hydrogen (secondary N) is 1. The summed E-state index contributed by atoms with van der Waals surface area (Å²) in [6.07, 6.45) is 2.45. The number of hydrogen-bond donors (Lipinski definition) is 1. The second-order valence-corrected chi connectivity index (χ2v) is 7.89. The number of rotatable bonds is 8. The van der Waals surface area contributed by atoms with Crippen molar-refractivity contribution in [2.24, 2.45) is 4.99 Å². The monoisotopic (exact) mass is 396 g/mol. The van der Waals surface area contributed by atoms with Crippen molar-refractivity contribution in [1.82, 2.24) is 5.32 Å². The zero-order chi connectivity index (χ0) is 19.2. The maximum atomic E-state index is 13.6. The Morgan fingerprint density at radius 2 is 2.04 bits per heavy atom. The Morgan fingerprint density at radius 1 is 1.31 bits per heavy atom. The fourth-order valence-corrected chi connectivity index (χ4v) is 4.03. The lowest BCUT2D eigenvalue weighted by Crippen LogP contribution is -2.24. The fraction of sp³-hybridized carbons (Fsp3) is 0.368. The zero-order valence-electron chi connectivity index (χ0n) is 15.0. The number of thiophene rings is 2. The molecule has 0 atom stereocenters. The Kier molecular flexibility index (Phi) is 7.23. The first-order valence-corrected chi connectivity index (χ1v) is 10.0. The second kappa shape index (κ2) is 9.19. The number of carbonyl (C=O) groups excluding carboxylic acids is 1. The Balaban J connectivity index is 2.04. The molecule has 0 bridgehead atoms. The molecule has 0 aliphatic heterocycles. The van der Waals surface area contributed by atoms with Crippen LogP contribution in [-0.4, -0.2) is 31.1 Å². The Bertz CT molecular complexity index is 787. The third kappa shape index (κ3) is 5.57. The van der Waals surface area contributed by atoms with E-state index in [1.807, 2.05) is 17.5 Å². The summed E-state index contributed by atoms with van der Waals surface area (Å²) >= 11 is 2.91. The number of amides is 1. The maximum absolute atomic E-state index is 13.6. The first-order chi connectivity index (χ1) is 12.3. The highest BCUT2D eigenvalue weighted by atomic mass is 32.1. The number of carbonyl (C=O) groups is 1. The average molecular weight is 397 g/mol. The number of alkyl halides is 2. The topological polar surface area (TPSA) is 41.5 Å². The van der Waals surface area contributed by atoms with E-state index < -0.39 is 5.92 Å². The molecule has 1 N–H and O–H groups in total. The van der Waals surface area contributed by atoms with Gasteiger partial charge in [-0.15, -0.1) is 22.7 Å². The summed E-state index contributed by atoms with van der Waals surface area (Å²) in [5.41, 5.74) is 0.486. The molecule has 0 aliphatic rings. The smallest absolute Gasteiger partial charge is 0.266 e. The standard InChI is InChI=1S/C19H22F2N2OS2/c1-4-13(19(2,20)21)12-15(22-3)16-7-8-17(26-16)18(24)23-10-9-14-6-5-11-25-14/h5-8,11-12H,4,9-10H2,1-3H3,(H,23,24)/b13-12+,22-15?. The van der Waals surface area contributed by atoms with E-state index in [0.29, 0.717) is 22.0 Å². The van der Waals surface area contributed by atoms with Crippen molar-refractivity contribution in [3.63, 3.8) is 0 Å². The van der Waals surface area contributed by atoms with Gasteiger partial charge < -0.3 is 5.32 Å². The van der Waals surface area contributed by atoms with E-state index >= 15 is 0 Å². The summed E-state index contributed by atoms with van der Waals surface area (Å²) in [5, 5.41) is 4.89. The van der Waals surface area contributed by atoms with Crippen LogP contribution in [0.15, 0.2) is 46.3 Å². The van der Waals surface area contributed by atoms with Gasteiger partial charge in [-0.1, -0.05) is 13.0 Å². The Hall–Kier alpha value is -1.86. The average Bonchev–Trinajstić information content (AvgIpc) is 3.26. The van der Waals surface area contributed by atoms with E-state index in [4.69, 9.17) is 0 Å². The highest BCUT2D eigenvalue weighted by molar-refractivity contribution is 7.16. The molecule has 26 heavy (non-hydrogen) atoms. The van der Waals surface area contributed by atoms with Gasteiger partial charge >= 0.3 is 0 Å². The van der Waals surface area contributed by atoms with Crippen molar-refractivity contribution in [3.05, 3.63) is 55.9 Å². The van der Waals surface area contributed by atoms with Gasteiger partial charge in [-0.25, -0.2) is 8.78 Å². The highest BCUT2D eigenvalue weighted by Crippen LogP contribution is 2.27. The second-order valence-electron chi connectivity index (χ2n) is 5.77. The SMILES string of the molecule is CC/C(=C\C(=NC)c1ccc(C(=O)NCCc2cccs2)s1)C(C)(F)F. The van der Waals surface area contributed by atoms with E-state index in [-0.39, 0.29) is 17.9 Å². The molecule has 0 aliphatic carbocycles. The summed E-state index contributed by atoms with van der Waals surface area (Å²) < 4.78 is 27.2. The van der Waals surface area contributed by atoms with Gasteiger partial charge in [-0.2, -0.15) is 0 Å². The van der Waals surface area contributed by atoms with E-state index in [1.54, 1.807) is 37.4 Å². The third-order valence-electron chi connectivity index (χ3n) is 3.82. The van der Waals surface area contributed by atoms with Crippen LogP contribution in [0.3, 0.4) is 0 Å². The van der Waals surface area contributed by atoms with Crippen LogP contribution in [0.25, 0.3) is 0 Å². The molecule has 3 nitrogen and oxygen atoms in total. The van der Waals surface area contributed by atoms with Gasteiger partial charge in [-0.05, 0) is 48.1 Å². The number of hydrogen-bond acceptors (Lipinski definition) is 4. The van der Waals surface area contributed by atoms with Gasteiger partial charge in [0.05, 0.1) is 15.5 Å². The molecule has 0 saturated carbocycles. The van der Waals surface area contributed by atoms with Crippen molar-refractivity contribution in [2.75, 3.05) is 13.6 Å². The molecule has 0 spiro atoms. The predicted octanol–water partition coefficient (Wildman–Crippen LogP) is 5.19. The van der Waals surface area contributed by atoms with Gasteiger partial charge in [0.25, 0.3) is 11.8 Å². The fourth-order valence-electron chi connectivity index (χ4n) is 2.39. The van der Waals surface area contributed by atoms with Crippen LogP contribution in [0.2, 0.25) is 0 Å². The lowest BCUT2D eigenvalue weighted by Gasteiger charge is -2.13. The van der Waals surface area contributed by atoms with Crippen molar-refractivity contribution in [1.29, 1.82) is 0 Å². The summed E-state index contributed by atoms with van der Waals surface area (Å²) in [7, 11) is 1.56. The van der Waals surface area contributed by atoms with E-state index in [1.165, 1.54) is 22.3 Å². The summed E-state index contributed by atoms with van der Waals surface area (Å²) in [4.78, 5) is 18.8. The molecule has 0 radical (unpaired) electrons. The van der Waals surface area contributed by atoms with Gasteiger partial charge in [0.15, 0.2) is 0 Å². The summed E-state index contributed by atoms with van der Waals surface area (Å²) in [6, 6.07) is 7.47. The quantitative estimate of drug-likeness (QED) is 0.613. The van der Waals surface area contributed by atoms with Crippen LogP contribution < -0.4 is 5.32 Å². The molecular weight excluding hydrogens is 374 g/mol. The normalized spacial score (nSPS) is 13.1. The molecule has 7 heteroatoms. The van der Waals surface area contributed by atoms with Crippen LogP contribution in [0, 0.1) is 0 Å². The summed E-state index contributed by atoms with van der Waals surface area (Å²) in [5.74, 6) is -3.04. The number of nitrogens with zero attached hydrogens (tertiary/aromatic N) is 1. The van der Waals surface area contributed by atoms with Crippen LogP contribution in [0.4, 0.5) is 8.78 Å². The lowest BCUT2D eigenvalue weighted by molar-refractivity contribution is 0.0605. The van der Waals surface area contributed by atoms with Crippen LogP contribution in [0.5, 0.6) is 0 Å². The van der Waals surface area contributed by atoms with Crippen LogP contribution in [0.1, 0.15) is 39.7 Å². The number of halogens is 2. The molecule has 2 aromatic rings. The third-order valence-corrected chi connectivity index (χ3v) is 5.86. The molecule has 0 saturated heterocycles. The first kappa shape index (κ1) is 20.5. The van der Waals surface area contributed by atoms with Crippen LogP contribution >= 0.6 is 22.7 Å². The van der Waals surface area contributed by atoms with Crippen molar-refractivity contribution in [2.45, 2.75) is 32.6 Å². The molecule has 2 aromatic heterocycles. The van der Waals surface area contributed by atoms with Gasteiger partial charge in [-0.3, -0.25) is 9.79 Å². The van der Waals surface area contributed by atoms with E-state index in [2.05, 4.69) is 10.3 Å². The minimum Gasteiger partial charge on any atom is -0.351 e. The Morgan fingerprint density at radius 3 is 2.62 bits per heavy atom. The van der Waals surface area contributed by atoms with Crippen molar-refractivity contribution in [3.8, 4) is 0 Å². The predicted molar refractivity (Wildman–Crippen MR) is 106 cm³/mol. The lowest BCUT2D eigenvalue weighted by atomic mass is 10.1. The minimum absolute atomic E-state index is 0.0217. The molecule has 0 aromatic carbocycles. The number of allylic oxidation sites excluding steroid dienone is 2. The maximum Gasteiger partial charge on any atom is 0.266 e. The zero-order valence-corrected chi connectivity index (χ0v) is 16.6. The molecule has 140 valence electrons. The van der Waals surface area contributed by atoms with Crippen molar-refractivity contribution >= 4 is 34.3 Å². The Labute approximate surface area is 160 Å². The molecule has 2 heterocycles. The minimum atomic E-state index is -2.88. The molecular formula is C19H22F2N2OS2. The van der Waals surface area contributed by atoms with Gasteiger partial charge in [0.2, 0.25) is 0 Å². The summed E-state index contributed by atoms with van der Waals surface area (Å²) in [6.45, 7) is 3.14. The van der Waals surface area contributed by atoms with Crippen molar-refractivity contribution < 1.29 is 13.6 Å².